The minimum Gasteiger partial charge on any atom is -0.467 e. The molecule has 16 heavy (non-hydrogen) atoms. The van der Waals surface area contributed by atoms with Crippen molar-refractivity contribution in [2.75, 3.05) is 13.7 Å². The Labute approximate surface area is 94.9 Å². The van der Waals surface area contributed by atoms with Gasteiger partial charge in [0.15, 0.2) is 11.3 Å². The van der Waals surface area contributed by atoms with Crippen LogP contribution >= 0.6 is 0 Å². The average Bonchev–Trinajstić information content (AvgIpc) is 2.30. The van der Waals surface area contributed by atoms with Crippen LogP contribution in [0.25, 0.3) is 0 Å². The molecule has 86 valence electrons. The van der Waals surface area contributed by atoms with Gasteiger partial charge in [-0.05, 0) is 6.08 Å². The predicted octanol–water partition coefficient (Wildman–Crippen LogP) is 1.06. The Morgan fingerprint density at radius 2 is 2.38 bits per heavy atom. The van der Waals surface area contributed by atoms with Crippen molar-refractivity contribution in [1.82, 2.24) is 4.90 Å². The third kappa shape index (κ3) is 1.91. The van der Waals surface area contributed by atoms with Crippen molar-refractivity contribution < 1.29 is 14.3 Å². The number of allylic oxidation sites excluding steroid dienone is 1. The second-order valence-electron chi connectivity index (χ2n) is 3.52. The van der Waals surface area contributed by atoms with Gasteiger partial charge in [0.2, 0.25) is 0 Å². The zero-order valence-electron chi connectivity index (χ0n) is 9.31. The lowest BCUT2D eigenvalue weighted by atomic mass is 9.88. The van der Waals surface area contributed by atoms with E-state index < -0.39 is 11.5 Å². The number of ketones is 1. The van der Waals surface area contributed by atoms with Gasteiger partial charge >= 0.3 is 5.97 Å². The number of carbonyl (C=O) groups excluding carboxylic acids is 2. The van der Waals surface area contributed by atoms with Crippen LogP contribution < -0.4 is 0 Å². The van der Waals surface area contributed by atoms with E-state index in [9.17, 15) is 9.59 Å². The van der Waals surface area contributed by atoms with Crippen LogP contribution in [0.3, 0.4) is 0 Å². The zero-order chi connectivity index (χ0) is 12.2. The van der Waals surface area contributed by atoms with E-state index >= 15 is 0 Å². The molecule has 1 rings (SSSR count). The van der Waals surface area contributed by atoms with Crippen LogP contribution in [0.2, 0.25) is 0 Å². The first-order chi connectivity index (χ1) is 7.60. The molecule has 0 aromatic rings. The molecule has 0 radical (unpaired) electrons. The number of ether oxygens (including phenoxy) is 1. The maximum atomic E-state index is 11.8. The van der Waals surface area contributed by atoms with Crippen molar-refractivity contribution in [3.63, 3.8) is 0 Å². The highest BCUT2D eigenvalue weighted by Gasteiger charge is 2.44. The van der Waals surface area contributed by atoms with E-state index in [1.807, 2.05) is 0 Å². The van der Waals surface area contributed by atoms with Crippen LogP contribution in [-0.2, 0) is 14.3 Å². The molecule has 0 amide bonds. The Morgan fingerprint density at radius 1 is 1.69 bits per heavy atom. The van der Waals surface area contributed by atoms with Crippen molar-refractivity contribution in [3.8, 4) is 0 Å². The summed E-state index contributed by atoms with van der Waals surface area (Å²) in [6.07, 6.45) is 6.17. The molecule has 0 bridgehead atoms. The number of carbonyl (C=O) groups is 2. The van der Waals surface area contributed by atoms with Crippen LogP contribution in [0.5, 0.6) is 0 Å². The van der Waals surface area contributed by atoms with Crippen molar-refractivity contribution in [2.45, 2.75) is 12.0 Å². The summed E-state index contributed by atoms with van der Waals surface area (Å²) < 4.78 is 4.74. The SMILES string of the molecule is C=CCN1C=CC(=O)CC1(C=C)C(=O)OC. The molecule has 0 aliphatic carbocycles. The van der Waals surface area contributed by atoms with Crippen molar-refractivity contribution in [3.05, 3.63) is 37.6 Å². The van der Waals surface area contributed by atoms with E-state index in [1.165, 1.54) is 19.3 Å². The fourth-order valence-electron chi connectivity index (χ4n) is 1.73. The largest absolute Gasteiger partial charge is 0.467 e. The molecule has 0 aromatic carbocycles. The standard InChI is InChI=1S/C12H15NO3/c1-4-7-13-8-6-10(14)9-12(13,5-2)11(15)16-3/h4-6,8H,1-2,7,9H2,3H3. The normalized spacial score (nSPS) is 24.1. The Balaban J connectivity index is 3.15. The quantitative estimate of drug-likeness (QED) is 0.526. The second kappa shape index (κ2) is 4.79. The molecular formula is C12H15NO3. The Morgan fingerprint density at radius 3 is 2.88 bits per heavy atom. The molecule has 1 heterocycles. The lowest BCUT2D eigenvalue weighted by Gasteiger charge is -2.39. The summed E-state index contributed by atoms with van der Waals surface area (Å²) in [4.78, 5) is 24.9. The molecule has 0 aromatic heterocycles. The van der Waals surface area contributed by atoms with Gasteiger partial charge < -0.3 is 9.64 Å². The second-order valence-corrected chi connectivity index (χ2v) is 3.52. The van der Waals surface area contributed by atoms with Gasteiger partial charge in [-0.2, -0.15) is 0 Å². The molecule has 1 atom stereocenters. The molecular weight excluding hydrogens is 206 g/mol. The van der Waals surface area contributed by atoms with Crippen LogP contribution in [0.15, 0.2) is 37.6 Å². The molecule has 4 nitrogen and oxygen atoms in total. The van der Waals surface area contributed by atoms with Gasteiger partial charge in [0.1, 0.15) is 0 Å². The molecule has 1 unspecified atom stereocenters. The van der Waals surface area contributed by atoms with E-state index in [-0.39, 0.29) is 12.2 Å². The third-order valence-corrected chi connectivity index (χ3v) is 2.60. The molecule has 0 N–H and O–H groups in total. The summed E-state index contributed by atoms with van der Waals surface area (Å²) >= 11 is 0. The lowest BCUT2D eigenvalue weighted by Crippen LogP contribution is -2.54. The molecule has 0 spiro atoms. The Bertz CT molecular complexity index is 359. The number of esters is 1. The summed E-state index contributed by atoms with van der Waals surface area (Å²) in [5.41, 5.74) is -1.10. The minimum atomic E-state index is -1.10. The molecule has 0 saturated heterocycles. The molecule has 4 heteroatoms. The molecule has 1 aliphatic heterocycles. The third-order valence-electron chi connectivity index (χ3n) is 2.60. The van der Waals surface area contributed by atoms with Gasteiger partial charge in [-0.1, -0.05) is 12.2 Å². The highest BCUT2D eigenvalue weighted by molar-refractivity contribution is 5.98. The smallest absolute Gasteiger partial charge is 0.336 e. The van der Waals surface area contributed by atoms with Gasteiger partial charge in [-0.25, -0.2) is 4.79 Å². The summed E-state index contributed by atoms with van der Waals surface area (Å²) in [7, 11) is 1.29. The monoisotopic (exact) mass is 221 g/mol. The van der Waals surface area contributed by atoms with E-state index in [1.54, 1.807) is 17.2 Å². The van der Waals surface area contributed by atoms with Crippen LogP contribution in [0.1, 0.15) is 6.42 Å². The Kier molecular flexibility index (Phi) is 3.66. The van der Waals surface area contributed by atoms with Gasteiger partial charge in [0.05, 0.1) is 7.11 Å². The summed E-state index contributed by atoms with van der Waals surface area (Å²) in [5, 5.41) is 0. The maximum Gasteiger partial charge on any atom is 0.336 e. The molecule has 1 aliphatic rings. The summed E-state index contributed by atoms with van der Waals surface area (Å²) in [6, 6.07) is 0. The first kappa shape index (κ1) is 12.2. The van der Waals surface area contributed by atoms with E-state index in [0.717, 1.165) is 0 Å². The molecule has 0 saturated carbocycles. The highest BCUT2D eigenvalue weighted by atomic mass is 16.5. The van der Waals surface area contributed by atoms with Gasteiger partial charge in [0, 0.05) is 19.2 Å². The lowest BCUT2D eigenvalue weighted by molar-refractivity contribution is -0.152. The van der Waals surface area contributed by atoms with Crippen molar-refractivity contribution in [1.29, 1.82) is 0 Å². The highest BCUT2D eigenvalue weighted by Crippen LogP contribution is 2.27. The van der Waals surface area contributed by atoms with E-state index in [2.05, 4.69) is 13.2 Å². The topological polar surface area (TPSA) is 46.6 Å². The number of methoxy groups -OCH3 is 1. The maximum absolute atomic E-state index is 11.8. The number of rotatable bonds is 4. The zero-order valence-corrected chi connectivity index (χ0v) is 9.31. The van der Waals surface area contributed by atoms with Gasteiger partial charge in [-0.15, -0.1) is 13.2 Å². The first-order valence-corrected chi connectivity index (χ1v) is 4.91. The Hall–Kier alpha value is -1.84. The molecule has 0 fully saturated rings. The summed E-state index contributed by atoms with van der Waals surface area (Å²) in [6.45, 7) is 7.69. The minimum absolute atomic E-state index is 0.0491. The summed E-state index contributed by atoms with van der Waals surface area (Å²) in [5.74, 6) is -0.604. The van der Waals surface area contributed by atoms with Crippen LogP contribution in [0, 0.1) is 0 Å². The average molecular weight is 221 g/mol. The number of hydrogen-bond acceptors (Lipinski definition) is 4. The van der Waals surface area contributed by atoms with Gasteiger partial charge in [-0.3, -0.25) is 4.79 Å². The van der Waals surface area contributed by atoms with Gasteiger partial charge in [0.25, 0.3) is 0 Å². The predicted molar refractivity (Wildman–Crippen MR) is 60.6 cm³/mol. The number of hydrogen-bond donors (Lipinski definition) is 0. The van der Waals surface area contributed by atoms with E-state index in [0.29, 0.717) is 6.54 Å². The number of nitrogens with zero attached hydrogens (tertiary/aromatic N) is 1. The van der Waals surface area contributed by atoms with Crippen LogP contribution in [-0.4, -0.2) is 35.8 Å². The van der Waals surface area contributed by atoms with Crippen molar-refractivity contribution >= 4 is 11.8 Å². The van der Waals surface area contributed by atoms with E-state index in [4.69, 9.17) is 4.74 Å². The fourth-order valence-corrected chi connectivity index (χ4v) is 1.73. The fraction of sp³-hybridized carbons (Fsp3) is 0.333. The van der Waals surface area contributed by atoms with Crippen molar-refractivity contribution in [2.24, 2.45) is 0 Å². The van der Waals surface area contributed by atoms with Crippen LogP contribution in [0.4, 0.5) is 0 Å². The first-order valence-electron chi connectivity index (χ1n) is 4.91.